The fourth-order valence-electron chi connectivity index (χ4n) is 3.67. The van der Waals surface area contributed by atoms with Gasteiger partial charge in [-0.1, -0.05) is 23.2 Å². The molecule has 0 saturated heterocycles. The normalized spacial score (nSPS) is 22.1. The van der Waals surface area contributed by atoms with Gasteiger partial charge in [0.25, 0.3) is 0 Å². The maximum atomic E-state index is 14.4. The van der Waals surface area contributed by atoms with E-state index in [2.05, 4.69) is 0 Å². The SMILES string of the molecule is O=C(O)c1ccc(CCC[C@@H]2[C@@H](COc3cc(Cl)cc(Cl)c3)CC[C@H]2F)s1. The lowest BCUT2D eigenvalue weighted by molar-refractivity contribution is 0.0702. The van der Waals surface area contributed by atoms with E-state index in [1.54, 1.807) is 24.3 Å². The van der Waals surface area contributed by atoms with E-state index in [4.69, 9.17) is 33.0 Å². The van der Waals surface area contributed by atoms with E-state index >= 15 is 0 Å². The average molecular weight is 431 g/mol. The molecule has 0 amide bonds. The molecule has 2 aromatic rings. The quantitative estimate of drug-likeness (QED) is 0.518. The lowest BCUT2D eigenvalue weighted by Gasteiger charge is -2.21. The van der Waals surface area contributed by atoms with E-state index < -0.39 is 12.1 Å². The summed E-state index contributed by atoms with van der Waals surface area (Å²) >= 11 is 13.3. The van der Waals surface area contributed by atoms with Crippen molar-refractivity contribution in [2.75, 3.05) is 6.61 Å². The molecule has 1 aromatic carbocycles. The third-order valence-corrected chi connectivity index (χ3v) is 6.59. The molecule has 3 nitrogen and oxygen atoms in total. The molecule has 1 saturated carbocycles. The molecule has 1 aliphatic rings. The molecule has 27 heavy (non-hydrogen) atoms. The monoisotopic (exact) mass is 430 g/mol. The Morgan fingerprint density at radius 2 is 1.96 bits per heavy atom. The first-order chi connectivity index (χ1) is 12.9. The lowest BCUT2D eigenvalue weighted by Crippen LogP contribution is -2.21. The summed E-state index contributed by atoms with van der Waals surface area (Å²) in [6, 6.07) is 8.54. The number of thiophene rings is 1. The number of ether oxygens (including phenoxy) is 1. The van der Waals surface area contributed by atoms with E-state index in [9.17, 15) is 9.18 Å². The minimum absolute atomic E-state index is 0.0291. The highest BCUT2D eigenvalue weighted by atomic mass is 35.5. The second kappa shape index (κ2) is 9.26. The molecule has 7 heteroatoms. The van der Waals surface area contributed by atoms with Crippen molar-refractivity contribution >= 4 is 40.5 Å². The van der Waals surface area contributed by atoms with Crippen molar-refractivity contribution < 1.29 is 19.0 Å². The number of benzene rings is 1. The van der Waals surface area contributed by atoms with E-state index in [1.807, 2.05) is 6.07 Å². The van der Waals surface area contributed by atoms with E-state index in [1.165, 1.54) is 11.3 Å². The lowest BCUT2D eigenvalue weighted by atomic mass is 9.90. The summed E-state index contributed by atoms with van der Waals surface area (Å²) in [4.78, 5) is 12.3. The van der Waals surface area contributed by atoms with Crippen molar-refractivity contribution in [2.45, 2.75) is 38.3 Å². The van der Waals surface area contributed by atoms with Gasteiger partial charge in [-0.15, -0.1) is 11.3 Å². The van der Waals surface area contributed by atoms with Crippen LogP contribution in [-0.4, -0.2) is 23.9 Å². The Balaban J connectivity index is 1.51. The molecule has 1 aromatic heterocycles. The van der Waals surface area contributed by atoms with Crippen LogP contribution in [0.25, 0.3) is 0 Å². The summed E-state index contributed by atoms with van der Waals surface area (Å²) in [5.41, 5.74) is 0. The number of carboxylic acid groups (broad SMARTS) is 1. The van der Waals surface area contributed by atoms with Gasteiger partial charge in [0.05, 0.1) is 6.61 Å². The molecule has 3 rings (SSSR count). The van der Waals surface area contributed by atoms with Crippen LogP contribution in [0.3, 0.4) is 0 Å². The number of rotatable bonds is 8. The molecule has 1 heterocycles. The number of alkyl halides is 1. The number of carbonyl (C=O) groups is 1. The Hall–Kier alpha value is -1.30. The van der Waals surface area contributed by atoms with Crippen LogP contribution in [0.4, 0.5) is 4.39 Å². The minimum Gasteiger partial charge on any atom is -0.493 e. The maximum absolute atomic E-state index is 14.4. The number of halogens is 3. The van der Waals surface area contributed by atoms with Gasteiger partial charge in [-0.3, -0.25) is 0 Å². The Morgan fingerprint density at radius 3 is 2.63 bits per heavy atom. The molecular weight excluding hydrogens is 410 g/mol. The van der Waals surface area contributed by atoms with Gasteiger partial charge in [0.2, 0.25) is 0 Å². The zero-order valence-corrected chi connectivity index (χ0v) is 17.0. The molecule has 1 N–H and O–H groups in total. The molecule has 3 atom stereocenters. The molecular formula is C20H21Cl2FO3S. The summed E-state index contributed by atoms with van der Waals surface area (Å²) in [5, 5.41) is 10.0. The number of carboxylic acids is 1. The summed E-state index contributed by atoms with van der Waals surface area (Å²) in [7, 11) is 0. The van der Waals surface area contributed by atoms with Gasteiger partial charge in [-0.05, 0) is 74.3 Å². The highest BCUT2D eigenvalue weighted by Gasteiger charge is 2.36. The highest BCUT2D eigenvalue weighted by molar-refractivity contribution is 7.13. The fraction of sp³-hybridized carbons (Fsp3) is 0.450. The predicted molar refractivity (Wildman–Crippen MR) is 107 cm³/mol. The summed E-state index contributed by atoms with van der Waals surface area (Å²) in [6.07, 6.45) is 2.95. The Bertz CT molecular complexity index is 775. The largest absolute Gasteiger partial charge is 0.493 e. The molecule has 0 spiro atoms. The van der Waals surface area contributed by atoms with Crippen LogP contribution in [-0.2, 0) is 6.42 Å². The number of aryl methyl sites for hydroxylation is 1. The van der Waals surface area contributed by atoms with Crippen molar-refractivity contribution in [3.05, 3.63) is 50.1 Å². The van der Waals surface area contributed by atoms with Crippen molar-refractivity contribution in [3.63, 3.8) is 0 Å². The van der Waals surface area contributed by atoms with Crippen molar-refractivity contribution in [2.24, 2.45) is 11.8 Å². The van der Waals surface area contributed by atoms with Crippen LogP contribution in [0.15, 0.2) is 30.3 Å². The van der Waals surface area contributed by atoms with E-state index in [0.717, 1.165) is 30.6 Å². The summed E-state index contributed by atoms with van der Waals surface area (Å²) in [6.45, 7) is 0.448. The zero-order valence-electron chi connectivity index (χ0n) is 14.7. The Morgan fingerprint density at radius 1 is 1.22 bits per heavy atom. The smallest absolute Gasteiger partial charge is 0.345 e. The van der Waals surface area contributed by atoms with Crippen LogP contribution in [0.5, 0.6) is 5.75 Å². The highest BCUT2D eigenvalue weighted by Crippen LogP contribution is 2.38. The third kappa shape index (κ3) is 5.59. The van der Waals surface area contributed by atoms with Gasteiger partial charge in [-0.25, -0.2) is 9.18 Å². The maximum Gasteiger partial charge on any atom is 0.345 e. The van der Waals surface area contributed by atoms with E-state index in [0.29, 0.717) is 33.7 Å². The van der Waals surface area contributed by atoms with Gasteiger partial charge in [0, 0.05) is 14.9 Å². The Kier molecular flexibility index (Phi) is 7.01. The average Bonchev–Trinajstić information content (AvgIpc) is 3.20. The number of aromatic carboxylic acids is 1. The van der Waals surface area contributed by atoms with Gasteiger partial charge < -0.3 is 9.84 Å². The van der Waals surface area contributed by atoms with Crippen LogP contribution in [0.2, 0.25) is 10.0 Å². The molecule has 0 unspecified atom stereocenters. The third-order valence-electron chi connectivity index (χ3n) is 5.02. The molecule has 0 radical (unpaired) electrons. The predicted octanol–water partition coefficient (Wildman–Crippen LogP) is 6.52. The molecule has 0 bridgehead atoms. The first-order valence-electron chi connectivity index (χ1n) is 8.97. The van der Waals surface area contributed by atoms with Crippen molar-refractivity contribution in [3.8, 4) is 5.75 Å². The summed E-state index contributed by atoms with van der Waals surface area (Å²) in [5.74, 6) is -0.160. The van der Waals surface area contributed by atoms with Crippen molar-refractivity contribution in [1.82, 2.24) is 0 Å². The van der Waals surface area contributed by atoms with Gasteiger partial charge in [0.15, 0.2) is 0 Å². The molecule has 146 valence electrons. The molecule has 0 aliphatic heterocycles. The summed E-state index contributed by atoms with van der Waals surface area (Å²) < 4.78 is 20.2. The first-order valence-corrected chi connectivity index (χ1v) is 10.5. The standard InChI is InChI=1S/C20H21Cl2FO3S/c21-13-8-14(22)10-15(9-13)26-11-12-4-6-18(23)17(12)3-1-2-16-5-7-19(27-16)20(24)25/h5,7-10,12,17-18H,1-4,6,11H2,(H,24,25)/t12-,17-,18-/m1/s1. The fourth-order valence-corrected chi connectivity index (χ4v) is 5.07. The zero-order chi connectivity index (χ0) is 19.4. The minimum atomic E-state index is -0.899. The van der Waals surface area contributed by atoms with Gasteiger partial charge in [0.1, 0.15) is 16.8 Å². The molecule has 1 fully saturated rings. The van der Waals surface area contributed by atoms with Crippen LogP contribution in [0.1, 0.15) is 40.2 Å². The van der Waals surface area contributed by atoms with Crippen LogP contribution >= 0.6 is 34.5 Å². The van der Waals surface area contributed by atoms with Crippen molar-refractivity contribution in [1.29, 1.82) is 0 Å². The van der Waals surface area contributed by atoms with Gasteiger partial charge >= 0.3 is 5.97 Å². The second-order valence-electron chi connectivity index (χ2n) is 6.90. The molecule has 1 aliphatic carbocycles. The van der Waals surface area contributed by atoms with Crippen LogP contribution in [0, 0.1) is 11.8 Å². The first kappa shape index (κ1) is 20.4. The van der Waals surface area contributed by atoms with Crippen LogP contribution < -0.4 is 4.74 Å². The number of hydrogen-bond donors (Lipinski definition) is 1. The Labute approximate surface area is 172 Å². The van der Waals surface area contributed by atoms with Gasteiger partial charge in [-0.2, -0.15) is 0 Å². The second-order valence-corrected chi connectivity index (χ2v) is 8.94. The number of hydrogen-bond acceptors (Lipinski definition) is 3. The van der Waals surface area contributed by atoms with E-state index in [-0.39, 0.29) is 11.8 Å². The topological polar surface area (TPSA) is 46.5 Å².